The van der Waals surface area contributed by atoms with E-state index in [0.29, 0.717) is 19.7 Å². The Bertz CT molecular complexity index is 473. The highest BCUT2D eigenvalue weighted by Crippen LogP contribution is 2.18. The number of thiazole rings is 1. The minimum absolute atomic E-state index is 0.247. The minimum Gasteiger partial charge on any atom is -0.384 e. The molecular formula is C11H19N3O3S2. The van der Waals surface area contributed by atoms with Crippen LogP contribution in [0.1, 0.15) is 18.5 Å². The summed E-state index contributed by atoms with van der Waals surface area (Å²) >= 11 is 1.46. The zero-order chi connectivity index (χ0) is 13.7. The number of piperidine rings is 1. The molecule has 1 aromatic heterocycles. The Morgan fingerprint density at radius 2 is 2.47 bits per heavy atom. The lowest BCUT2D eigenvalue weighted by atomic mass is 10.0. The lowest BCUT2D eigenvalue weighted by Gasteiger charge is -2.31. The van der Waals surface area contributed by atoms with Gasteiger partial charge in [-0.15, -0.1) is 11.3 Å². The molecule has 0 unspecified atom stereocenters. The van der Waals surface area contributed by atoms with Crippen LogP contribution < -0.4 is 4.72 Å². The van der Waals surface area contributed by atoms with Crippen molar-refractivity contribution in [2.45, 2.75) is 19.4 Å². The highest BCUT2D eigenvalue weighted by atomic mass is 32.2. The Morgan fingerprint density at radius 1 is 1.63 bits per heavy atom. The van der Waals surface area contributed by atoms with Crippen LogP contribution in [0, 0.1) is 5.92 Å². The topological polar surface area (TPSA) is 71.5 Å². The third-order valence-electron chi connectivity index (χ3n) is 3.14. The van der Waals surface area contributed by atoms with Crippen molar-refractivity contribution < 1.29 is 13.2 Å². The molecule has 2 rings (SSSR count). The fraction of sp³-hybridized carbons (Fsp3) is 0.727. The molecule has 1 aliphatic rings. The second kappa shape index (κ2) is 6.76. The molecule has 0 spiro atoms. The number of methoxy groups -OCH3 is 1. The first-order valence-electron chi connectivity index (χ1n) is 6.22. The van der Waals surface area contributed by atoms with Gasteiger partial charge in [0.25, 0.3) is 10.2 Å². The zero-order valence-corrected chi connectivity index (χ0v) is 12.5. The van der Waals surface area contributed by atoms with Gasteiger partial charge in [-0.25, -0.2) is 4.98 Å². The molecule has 0 bridgehead atoms. The van der Waals surface area contributed by atoms with Gasteiger partial charge in [0.1, 0.15) is 0 Å². The van der Waals surface area contributed by atoms with Gasteiger partial charge in [0.15, 0.2) is 0 Å². The molecule has 0 amide bonds. The molecule has 8 heteroatoms. The van der Waals surface area contributed by atoms with Crippen molar-refractivity contribution >= 4 is 21.5 Å². The van der Waals surface area contributed by atoms with Crippen molar-refractivity contribution in [1.82, 2.24) is 14.0 Å². The van der Waals surface area contributed by atoms with Crippen molar-refractivity contribution in [1.29, 1.82) is 0 Å². The van der Waals surface area contributed by atoms with Crippen LogP contribution in [0.2, 0.25) is 0 Å². The third-order valence-corrected chi connectivity index (χ3v) is 5.30. The zero-order valence-electron chi connectivity index (χ0n) is 10.9. The normalized spacial score (nSPS) is 21.6. The summed E-state index contributed by atoms with van der Waals surface area (Å²) in [6.07, 6.45) is 1.90. The Kier molecular flexibility index (Phi) is 5.28. The van der Waals surface area contributed by atoms with Crippen LogP contribution in [-0.4, -0.2) is 44.5 Å². The van der Waals surface area contributed by atoms with Crippen molar-refractivity contribution in [3.63, 3.8) is 0 Å². The average Bonchev–Trinajstić information content (AvgIpc) is 2.90. The smallest absolute Gasteiger partial charge is 0.279 e. The molecular weight excluding hydrogens is 286 g/mol. The van der Waals surface area contributed by atoms with E-state index in [1.165, 1.54) is 15.6 Å². The fourth-order valence-electron chi connectivity index (χ4n) is 2.20. The van der Waals surface area contributed by atoms with Crippen LogP contribution in [0.3, 0.4) is 0 Å². The summed E-state index contributed by atoms with van der Waals surface area (Å²) in [6.45, 7) is 1.96. The average molecular weight is 305 g/mol. The summed E-state index contributed by atoms with van der Waals surface area (Å²) in [7, 11) is -1.77. The van der Waals surface area contributed by atoms with E-state index in [4.69, 9.17) is 4.74 Å². The molecule has 1 saturated heterocycles. The number of aromatic nitrogens is 1. The quantitative estimate of drug-likeness (QED) is 0.845. The number of hydrogen-bond acceptors (Lipinski definition) is 5. The van der Waals surface area contributed by atoms with E-state index < -0.39 is 10.2 Å². The molecule has 0 aromatic carbocycles. The molecule has 0 saturated carbocycles. The molecule has 1 aromatic rings. The summed E-state index contributed by atoms with van der Waals surface area (Å²) in [6, 6.07) is 0. The van der Waals surface area contributed by atoms with Crippen molar-refractivity contribution in [2.24, 2.45) is 5.92 Å². The first kappa shape index (κ1) is 14.9. The van der Waals surface area contributed by atoms with Crippen molar-refractivity contribution in [3.8, 4) is 0 Å². The highest BCUT2D eigenvalue weighted by molar-refractivity contribution is 7.87. The molecule has 1 fully saturated rings. The van der Waals surface area contributed by atoms with Crippen LogP contribution in [-0.2, 0) is 21.5 Å². The molecule has 1 atom stereocenters. The first-order valence-corrected chi connectivity index (χ1v) is 8.61. The molecule has 2 heterocycles. The predicted octanol–water partition coefficient (Wildman–Crippen LogP) is 0.836. The third kappa shape index (κ3) is 4.22. The van der Waals surface area contributed by atoms with Gasteiger partial charge in [0.2, 0.25) is 0 Å². The van der Waals surface area contributed by atoms with Gasteiger partial charge in [0.05, 0.1) is 24.4 Å². The lowest BCUT2D eigenvalue weighted by Crippen LogP contribution is -2.46. The van der Waals surface area contributed by atoms with Crippen LogP contribution >= 0.6 is 11.3 Å². The summed E-state index contributed by atoms with van der Waals surface area (Å²) in [5.74, 6) is 0.287. The van der Waals surface area contributed by atoms with E-state index in [9.17, 15) is 8.42 Å². The van der Waals surface area contributed by atoms with Crippen LogP contribution in [0.5, 0.6) is 0 Å². The summed E-state index contributed by atoms with van der Waals surface area (Å²) in [4.78, 5) is 4.06. The Labute approximate surface area is 118 Å². The predicted molar refractivity (Wildman–Crippen MR) is 74.0 cm³/mol. The van der Waals surface area contributed by atoms with Gasteiger partial charge in [-0.2, -0.15) is 17.4 Å². The standard InChI is InChI=1S/C11H19N3O3S2/c1-17-7-10-3-2-4-14(6-10)19(15,16)13-5-11-8-18-9-12-11/h8-10,13H,2-7H2,1H3/t10-/m0/s1. The maximum atomic E-state index is 12.2. The number of ether oxygens (including phenoxy) is 1. The summed E-state index contributed by atoms with van der Waals surface area (Å²) in [5, 5.41) is 1.84. The monoisotopic (exact) mass is 305 g/mol. The van der Waals surface area contributed by atoms with Crippen LogP contribution in [0.25, 0.3) is 0 Å². The number of rotatable bonds is 6. The number of nitrogens with zero attached hydrogens (tertiary/aromatic N) is 2. The molecule has 1 N–H and O–H groups in total. The Hall–Kier alpha value is -0.540. The Morgan fingerprint density at radius 3 is 3.16 bits per heavy atom. The maximum absolute atomic E-state index is 12.2. The van der Waals surface area contributed by atoms with E-state index in [1.807, 2.05) is 5.38 Å². The molecule has 19 heavy (non-hydrogen) atoms. The van der Waals surface area contributed by atoms with Gasteiger partial charge >= 0.3 is 0 Å². The second-order valence-electron chi connectivity index (χ2n) is 4.63. The number of nitrogens with one attached hydrogen (secondary N) is 1. The molecule has 6 nitrogen and oxygen atoms in total. The van der Waals surface area contributed by atoms with Gasteiger partial charge in [-0.1, -0.05) is 0 Å². The van der Waals surface area contributed by atoms with Gasteiger partial charge in [-0.3, -0.25) is 0 Å². The highest BCUT2D eigenvalue weighted by Gasteiger charge is 2.28. The van der Waals surface area contributed by atoms with Crippen molar-refractivity contribution in [2.75, 3.05) is 26.8 Å². The maximum Gasteiger partial charge on any atom is 0.279 e. The first-order chi connectivity index (χ1) is 9.12. The molecule has 0 radical (unpaired) electrons. The van der Waals surface area contributed by atoms with Gasteiger partial charge in [-0.05, 0) is 18.8 Å². The van der Waals surface area contributed by atoms with E-state index in [0.717, 1.165) is 18.5 Å². The summed E-state index contributed by atoms with van der Waals surface area (Å²) in [5.41, 5.74) is 2.44. The van der Waals surface area contributed by atoms with Gasteiger partial charge < -0.3 is 4.74 Å². The minimum atomic E-state index is -3.42. The van der Waals surface area contributed by atoms with E-state index in [2.05, 4.69) is 9.71 Å². The Balaban J connectivity index is 1.91. The van der Waals surface area contributed by atoms with Crippen LogP contribution in [0.15, 0.2) is 10.9 Å². The van der Waals surface area contributed by atoms with Crippen molar-refractivity contribution in [3.05, 3.63) is 16.6 Å². The summed E-state index contributed by atoms with van der Waals surface area (Å²) < 4.78 is 33.6. The lowest BCUT2D eigenvalue weighted by molar-refractivity contribution is 0.118. The van der Waals surface area contributed by atoms with E-state index in [1.54, 1.807) is 12.6 Å². The largest absolute Gasteiger partial charge is 0.384 e. The molecule has 1 aliphatic heterocycles. The fourth-order valence-corrected chi connectivity index (χ4v) is 4.05. The van der Waals surface area contributed by atoms with Crippen LogP contribution in [0.4, 0.5) is 0 Å². The molecule has 108 valence electrons. The van der Waals surface area contributed by atoms with E-state index >= 15 is 0 Å². The van der Waals surface area contributed by atoms with E-state index in [-0.39, 0.29) is 12.5 Å². The number of hydrogen-bond donors (Lipinski definition) is 1. The second-order valence-corrected chi connectivity index (χ2v) is 7.10. The van der Waals surface area contributed by atoms with Gasteiger partial charge in [0, 0.05) is 25.6 Å². The SMILES string of the molecule is COC[C@H]1CCCN(S(=O)(=O)NCc2cscn2)C1. The molecule has 0 aliphatic carbocycles.